The first-order chi connectivity index (χ1) is 15.5. The molecule has 0 fully saturated rings. The zero-order chi connectivity index (χ0) is 22.4. The smallest absolute Gasteiger partial charge is 0.264 e. The number of hydrogen-bond donors (Lipinski definition) is 0. The predicted octanol–water partition coefficient (Wildman–Crippen LogP) is 3.47. The molecule has 4 aromatic rings. The van der Waals surface area contributed by atoms with Crippen LogP contribution < -0.4 is 4.74 Å². The van der Waals surface area contributed by atoms with E-state index in [0.29, 0.717) is 0 Å². The van der Waals surface area contributed by atoms with Crippen LogP contribution in [0.4, 0.5) is 0 Å². The van der Waals surface area contributed by atoms with E-state index in [1.54, 1.807) is 4.80 Å². The lowest BCUT2D eigenvalue weighted by Crippen LogP contribution is -2.39. The van der Waals surface area contributed by atoms with Crippen molar-refractivity contribution < 1.29 is 17.3 Å². The highest BCUT2D eigenvalue weighted by molar-refractivity contribution is 7.85. The summed E-state index contributed by atoms with van der Waals surface area (Å²) in [7, 11) is -3.53. The van der Waals surface area contributed by atoms with Crippen LogP contribution >= 0.6 is 0 Å². The van der Waals surface area contributed by atoms with E-state index in [2.05, 4.69) is 10.2 Å². The molecule has 0 aliphatic heterocycles. The van der Waals surface area contributed by atoms with Gasteiger partial charge in [-0.05, 0) is 16.7 Å². The normalized spacial score (nSPS) is 11.9. The molecule has 0 aliphatic rings. The zero-order valence-electron chi connectivity index (χ0n) is 17.5. The molecule has 8 heteroatoms. The number of ether oxygens (including phenoxy) is 1. The molecule has 4 rings (SSSR count). The summed E-state index contributed by atoms with van der Waals surface area (Å²) in [4.78, 5) is 1.64. The maximum absolute atomic E-state index is 11.1. The number of benzene rings is 3. The molecule has 0 saturated heterocycles. The van der Waals surface area contributed by atoms with Gasteiger partial charge in [-0.2, -0.15) is 18.3 Å². The molecule has 0 radical (unpaired) electrons. The molecule has 1 aromatic heterocycles. The lowest BCUT2D eigenvalue weighted by Gasteiger charge is -2.34. The molecule has 0 saturated carbocycles. The summed E-state index contributed by atoms with van der Waals surface area (Å²) in [6.07, 6.45) is 2.52. The van der Waals surface area contributed by atoms with E-state index < -0.39 is 15.7 Å². The first-order valence-corrected chi connectivity index (χ1v) is 11.9. The predicted molar refractivity (Wildman–Crippen MR) is 121 cm³/mol. The first-order valence-electron chi connectivity index (χ1n) is 10.1. The van der Waals surface area contributed by atoms with Crippen LogP contribution in [-0.4, -0.2) is 42.9 Å². The van der Waals surface area contributed by atoms with Gasteiger partial charge in [-0.25, -0.2) is 0 Å². The van der Waals surface area contributed by atoms with E-state index in [9.17, 15) is 8.42 Å². The Morgan fingerprint density at radius 2 is 1.25 bits per heavy atom. The van der Waals surface area contributed by atoms with E-state index in [-0.39, 0.29) is 19.1 Å². The van der Waals surface area contributed by atoms with Gasteiger partial charge in [0.15, 0.2) is 5.54 Å². The van der Waals surface area contributed by atoms with Gasteiger partial charge in [-0.15, -0.1) is 5.10 Å². The molecule has 0 amide bonds. The van der Waals surface area contributed by atoms with Crippen LogP contribution in [-0.2, 0) is 19.8 Å². The zero-order valence-corrected chi connectivity index (χ0v) is 18.4. The van der Waals surface area contributed by atoms with Gasteiger partial charge in [0.1, 0.15) is 19.4 Å². The molecule has 7 nitrogen and oxygen atoms in total. The van der Waals surface area contributed by atoms with Crippen LogP contribution in [0.25, 0.3) is 0 Å². The van der Waals surface area contributed by atoms with Gasteiger partial charge in [0.25, 0.3) is 16.0 Å². The molecule has 0 atom stereocenters. The van der Waals surface area contributed by atoms with Crippen molar-refractivity contribution in [3.63, 3.8) is 0 Å². The minimum Gasteiger partial charge on any atom is -0.473 e. The highest BCUT2D eigenvalue weighted by Gasteiger charge is 2.40. The SMILES string of the molecule is CS(=O)(=O)OCCOc1cnn(C(c2ccccc2)(c2ccccc2)c2ccccc2)n1. The third kappa shape index (κ3) is 4.56. The van der Waals surface area contributed by atoms with Crippen LogP contribution in [0.1, 0.15) is 16.7 Å². The van der Waals surface area contributed by atoms with Gasteiger partial charge in [0.2, 0.25) is 0 Å². The maximum atomic E-state index is 11.1. The third-order valence-electron chi connectivity index (χ3n) is 4.98. The first kappa shape index (κ1) is 21.7. The Morgan fingerprint density at radius 1 is 0.781 bits per heavy atom. The Hall–Kier alpha value is -3.49. The van der Waals surface area contributed by atoms with Crippen molar-refractivity contribution in [3.05, 3.63) is 114 Å². The molecule has 0 aliphatic carbocycles. The number of rotatable bonds is 9. The number of nitrogens with zero attached hydrogens (tertiary/aromatic N) is 3. The summed E-state index contributed by atoms with van der Waals surface area (Å²) in [5.74, 6) is 0.272. The van der Waals surface area contributed by atoms with Crippen molar-refractivity contribution in [1.82, 2.24) is 15.0 Å². The Balaban J connectivity index is 1.80. The fraction of sp³-hybridized carbons (Fsp3) is 0.167. The molecule has 0 N–H and O–H groups in total. The van der Waals surface area contributed by atoms with E-state index in [0.717, 1.165) is 22.9 Å². The van der Waals surface area contributed by atoms with Gasteiger partial charge in [0, 0.05) is 0 Å². The number of hydrogen-bond acceptors (Lipinski definition) is 6. The summed E-state index contributed by atoms with van der Waals surface area (Å²) >= 11 is 0. The Morgan fingerprint density at radius 3 is 1.69 bits per heavy atom. The van der Waals surface area contributed by atoms with E-state index in [1.165, 1.54) is 6.20 Å². The molecule has 0 bridgehead atoms. The van der Waals surface area contributed by atoms with Crippen molar-refractivity contribution in [2.45, 2.75) is 5.54 Å². The Kier molecular flexibility index (Phi) is 6.34. The summed E-state index contributed by atoms with van der Waals surface area (Å²) in [6.45, 7) is -0.0757. The van der Waals surface area contributed by atoms with Gasteiger partial charge >= 0.3 is 0 Å². The van der Waals surface area contributed by atoms with Gasteiger partial charge in [-0.1, -0.05) is 91.0 Å². The molecule has 32 heavy (non-hydrogen) atoms. The summed E-state index contributed by atoms with van der Waals surface area (Å²) in [6, 6.07) is 30.1. The van der Waals surface area contributed by atoms with Gasteiger partial charge < -0.3 is 4.74 Å². The van der Waals surface area contributed by atoms with E-state index in [4.69, 9.17) is 8.92 Å². The third-order valence-corrected chi connectivity index (χ3v) is 5.57. The molecule has 0 unspecified atom stereocenters. The van der Waals surface area contributed by atoms with Crippen LogP contribution in [0.5, 0.6) is 5.88 Å². The molecule has 1 heterocycles. The second kappa shape index (κ2) is 9.33. The van der Waals surface area contributed by atoms with Crippen LogP contribution in [0.15, 0.2) is 97.2 Å². The van der Waals surface area contributed by atoms with Crippen LogP contribution in [0.2, 0.25) is 0 Å². The highest BCUT2D eigenvalue weighted by atomic mass is 32.2. The van der Waals surface area contributed by atoms with Crippen LogP contribution in [0, 0.1) is 0 Å². The molecular weight excluding hydrogens is 426 g/mol. The van der Waals surface area contributed by atoms with Gasteiger partial charge in [0.05, 0.1) is 6.26 Å². The highest BCUT2D eigenvalue weighted by Crippen LogP contribution is 2.39. The summed E-state index contributed by atoms with van der Waals surface area (Å²) in [5.41, 5.74) is 2.12. The monoisotopic (exact) mass is 449 g/mol. The largest absolute Gasteiger partial charge is 0.473 e. The fourth-order valence-electron chi connectivity index (χ4n) is 3.69. The van der Waals surface area contributed by atoms with Crippen molar-refractivity contribution >= 4 is 10.1 Å². The summed E-state index contributed by atoms with van der Waals surface area (Å²) in [5, 5.41) is 9.19. The van der Waals surface area contributed by atoms with E-state index >= 15 is 0 Å². The Labute approximate surface area is 187 Å². The minimum atomic E-state index is -3.53. The van der Waals surface area contributed by atoms with Crippen molar-refractivity contribution in [3.8, 4) is 5.88 Å². The molecular formula is C24H23N3O4S. The Bertz CT molecular complexity index is 1150. The molecule has 0 spiro atoms. The lowest BCUT2D eigenvalue weighted by atomic mass is 9.77. The van der Waals surface area contributed by atoms with E-state index in [1.807, 2.05) is 91.0 Å². The average molecular weight is 450 g/mol. The van der Waals surface area contributed by atoms with Gasteiger partial charge in [-0.3, -0.25) is 4.18 Å². The van der Waals surface area contributed by atoms with Crippen molar-refractivity contribution in [1.29, 1.82) is 0 Å². The number of aromatic nitrogens is 3. The second-order valence-corrected chi connectivity index (χ2v) is 8.80. The van der Waals surface area contributed by atoms with Crippen LogP contribution in [0.3, 0.4) is 0 Å². The average Bonchev–Trinajstić information content (AvgIpc) is 3.28. The lowest BCUT2D eigenvalue weighted by molar-refractivity contribution is 0.214. The topological polar surface area (TPSA) is 83.3 Å². The second-order valence-electron chi connectivity index (χ2n) is 7.16. The quantitative estimate of drug-likeness (QED) is 0.221. The fourth-order valence-corrected chi connectivity index (χ4v) is 4.06. The summed E-state index contributed by atoms with van der Waals surface area (Å²) < 4.78 is 32.6. The molecule has 164 valence electrons. The molecule has 3 aromatic carbocycles. The minimum absolute atomic E-state index is 0.0285. The van der Waals surface area contributed by atoms with Crippen molar-refractivity contribution in [2.75, 3.05) is 19.5 Å². The maximum Gasteiger partial charge on any atom is 0.264 e. The standard InChI is InChI=1S/C24H23N3O4S/c1-32(28,29)31-18-17-30-23-19-25-27(26-23)24(20-11-5-2-6-12-20,21-13-7-3-8-14-21)22-15-9-4-10-16-22/h2-16,19H,17-18H2,1H3. The van der Waals surface area contributed by atoms with Crippen molar-refractivity contribution in [2.24, 2.45) is 0 Å².